The molecule has 2 atom stereocenters. The van der Waals surface area contributed by atoms with Gasteiger partial charge in [-0.2, -0.15) is 13.2 Å². The fourth-order valence-corrected chi connectivity index (χ4v) is 3.88. The van der Waals surface area contributed by atoms with Crippen LogP contribution in [-0.2, 0) is 16.0 Å². The summed E-state index contributed by atoms with van der Waals surface area (Å²) in [4.78, 5) is 27.2. The van der Waals surface area contributed by atoms with E-state index < -0.39 is 30.6 Å². The van der Waals surface area contributed by atoms with Crippen LogP contribution in [0.2, 0.25) is 0 Å². The van der Waals surface area contributed by atoms with Crippen LogP contribution in [0.1, 0.15) is 17.0 Å². The van der Waals surface area contributed by atoms with Crippen molar-refractivity contribution in [2.24, 2.45) is 0 Å². The summed E-state index contributed by atoms with van der Waals surface area (Å²) in [5.74, 6) is -1.96. The van der Waals surface area contributed by atoms with Gasteiger partial charge in [-0.15, -0.1) is 0 Å². The molecule has 0 bridgehead atoms. The van der Waals surface area contributed by atoms with Crippen molar-refractivity contribution in [2.75, 3.05) is 27.2 Å². The SMILES string of the molecule is CN[C@H](Cc1ccc2ccccc2c1)C(=O)N(C)CC(C(=O)NCC(F)(F)F)c1ccccc1. The van der Waals surface area contributed by atoms with Crippen LogP contribution in [0, 0.1) is 0 Å². The molecule has 2 amide bonds. The number of hydrogen-bond acceptors (Lipinski definition) is 3. The number of alkyl halides is 3. The Morgan fingerprint density at radius 3 is 2.24 bits per heavy atom. The van der Waals surface area contributed by atoms with Crippen molar-refractivity contribution in [1.82, 2.24) is 15.5 Å². The Labute approximate surface area is 196 Å². The number of carbonyl (C=O) groups excluding carboxylic acids is 2. The molecule has 0 radical (unpaired) electrons. The van der Waals surface area contributed by atoms with E-state index in [1.165, 1.54) is 4.90 Å². The summed E-state index contributed by atoms with van der Waals surface area (Å²) >= 11 is 0. The minimum atomic E-state index is -4.52. The molecule has 0 aliphatic rings. The number of likely N-dealkylation sites (N-methyl/N-ethyl adjacent to an activating group) is 2. The van der Waals surface area contributed by atoms with Crippen LogP contribution in [0.15, 0.2) is 72.8 Å². The van der Waals surface area contributed by atoms with Crippen LogP contribution in [0.4, 0.5) is 13.2 Å². The fraction of sp³-hybridized carbons (Fsp3) is 0.308. The summed E-state index contributed by atoms with van der Waals surface area (Å²) in [6.07, 6.45) is -4.09. The van der Waals surface area contributed by atoms with Gasteiger partial charge in [0, 0.05) is 13.6 Å². The van der Waals surface area contributed by atoms with E-state index >= 15 is 0 Å². The minimum absolute atomic E-state index is 0.0531. The second kappa shape index (κ2) is 11.2. The number of halogens is 3. The van der Waals surface area contributed by atoms with Gasteiger partial charge in [-0.3, -0.25) is 9.59 Å². The second-order valence-corrected chi connectivity index (χ2v) is 8.24. The van der Waals surface area contributed by atoms with Crippen LogP contribution >= 0.6 is 0 Å². The van der Waals surface area contributed by atoms with Crippen molar-refractivity contribution in [2.45, 2.75) is 24.6 Å². The maximum Gasteiger partial charge on any atom is 0.405 e. The number of nitrogens with zero attached hydrogens (tertiary/aromatic N) is 1. The summed E-state index contributed by atoms with van der Waals surface area (Å²) in [5, 5.41) is 7.15. The van der Waals surface area contributed by atoms with E-state index in [0.29, 0.717) is 12.0 Å². The molecule has 0 saturated heterocycles. The molecular weight excluding hydrogens is 443 g/mol. The first-order chi connectivity index (χ1) is 16.2. The highest BCUT2D eigenvalue weighted by Gasteiger charge is 2.32. The van der Waals surface area contributed by atoms with Gasteiger partial charge in [0.15, 0.2) is 0 Å². The Morgan fingerprint density at radius 1 is 0.941 bits per heavy atom. The van der Waals surface area contributed by atoms with Crippen molar-refractivity contribution in [1.29, 1.82) is 0 Å². The predicted molar refractivity (Wildman–Crippen MR) is 126 cm³/mol. The van der Waals surface area contributed by atoms with E-state index in [1.54, 1.807) is 44.4 Å². The molecule has 2 N–H and O–H groups in total. The third kappa shape index (κ3) is 6.81. The number of amides is 2. The van der Waals surface area contributed by atoms with Gasteiger partial charge in [0.1, 0.15) is 6.54 Å². The molecule has 0 saturated carbocycles. The molecule has 0 heterocycles. The molecule has 1 unspecified atom stereocenters. The number of nitrogens with one attached hydrogen (secondary N) is 2. The molecule has 8 heteroatoms. The van der Waals surface area contributed by atoms with E-state index in [-0.39, 0.29) is 12.5 Å². The van der Waals surface area contributed by atoms with Crippen LogP contribution in [0.25, 0.3) is 10.8 Å². The Balaban J connectivity index is 1.73. The predicted octanol–water partition coefficient (Wildman–Crippen LogP) is 3.89. The molecule has 3 rings (SSSR count). The quantitative estimate of drug-likeness (QED) is 0.498. The summed E-state index contributed by atoms with van der Waals surface area (Å²) in [7, 11) is 3.24. The van der Waals surface area contributed by atoms with E-state index in [4.69, 9.17) is 0 Å². The standard InChI is InChI=1S/C26H28F3N3O2/c1-30-23(15-18-12-13-19-8-6-7-11-21(19)14-18)25(34)32(2)16-22(20-9-4-3-5-10-20)24(33)31-17-26(27,28)29/h3-14,22-23,30H,15-17H2,1-2H3,(H,31,33)/t22?,23-/m1/s1. The highest BCUT2D eigenvalue weighted by Crippen LogP contribution is 2.20. The van der Waals surface area contributed by atoms with Gasteiger partial charge >= 0.3 is 6.18 Å². The molecule has 180 valence electrons. The largest absolute Gasteiger partial charge is 0.405 e. The number of carbonyl (C=O) groups is 2. The fourth-order valence-electron chi connectivity index (χ4n) is 3.88. The Morgan fingerprint density at radius 2 is 1.59 bits per heavy atom. The van der Waals surface area contributed by atoms with Crippen LogP contribution < -0.4 is 10.6 Å². The van der Waals surface area contributed by atoms with Gasteiger partial charge in [0.2, 0.25) is 11.8 Å². The first-order valence-electron chi connectivity index (χ1n) is 11.0. The monoisotopic (exact) mass is 471 g/mol. The Kier molecular flexibility index (Phi) is 8.28. The van der Waals surface area contributed by atoms with Gasteiger partial charge < -0.3 is 15.5 Å². The molecule has 5 nitrogen and oxygen atoms in total. The zero-order valence-electron chi connectivity index (χ0n) is 19.1. The number of rotatable bonds is 9. The molecule has 0 aliphatic heterocycles. The summed E-state index contributed by atoms with van der Waals surface area (Å²) < 4.78 is 37.9. The van der Waals surface area contributed by atoms with Crippen molar-refractivity contribution >= 4 is 22.6 Å². The zero-order valence-corrected chi connectivity index (χ0v) is 19.1. The molecular formula is C26H28F3N3O2. The normalized spacial score (nSPS) is 13.3. The molecule has 34 heavy (non-hydrogen) atoms. The summed E-state index contributed by atoms with van der Waals surface area (Å²) in [5.41, 5.74) is 1.51. The first kappa shape index (κ1) is 25.2. The lowest BCUT2D eigenvalue weighted by molar-refractivity contribution is -0.140. The second-order valence-electron chi connectivity index (χ2n) is 8.24. The lowest BCUT2D eigenvalue weighted by atomic mass is 9.96. The molecule has 0 fully saturated rings. The first-order valence-corrected chi connectivity index (χ1v) is 11.0. The highest BCUT2D eigenvalue weighted by molar-refractivity contribution is 5.87. The summed E-state index contributed by atoms with van der Waals surface area (Å²) in [6.45, 7) is -1.48. The van der Waals surface area contributed by atoms with Crippen LogP contribution in [0.3, 0.4) is 0 Å². The third-order valence-corrected chi connectivity index (χ3v) is 5.71. The van der Waals surface area contributed by atoms with E-state index in [1.807, 2.05) is 47.8 Å². The lowest BCUT2D eigenvalue weighted by Gasteiger charge is -2.28. The molecule has 0 spiro atoms. The summed E-state index contributed by atoms with van der Waals surface area (Å²) in [6, 6.07) is 21.9. The third-order valence-electron chi connectivity index (χ3n) is 5.71. The van der Waals surface area contributed by atoms with Crippen molar-refractivity contribution in [3.8, 4) is 0 Å². The van der Waals surface area contributed by atoms with Crippen molar-refractivity contribution < 1.29 is 22.8 Å². The smallest absolute Gasteiger partial charge is 0.346 e. The Bertz CT molecular complexity index is 1120. The topological polar surface area (TPSA) is 61.4 Å². The van der Waals surface area contributed by atoms with Gasteiger partial charge in [0.05, 0.1) is 12.0 Å². The number of hydrogen-bond donors (Lipinski definition) is 2. The van der Waals surface area contributed by atoms with Crippen molar-refractivity contribution in [3.05, 3.63) is 83.9 Å². The van der Waals surface area contributed by atoms with Gasteiger partial charge in [-0.25, -0.2) is 0 Å². The number of fused-ring (bicyclic) bond motifs is 1. The minimum Gasteiger partial charge on any atom is -0.346 e. The van der Waals surface area contributed by atoms with Crippen molar-refractivity contribution in [3.63, 3.8) is 0 Å². The zero-order chi connectivity index (χ0) is 24.7. The van der Waals surface area contributed by atoms with Gasteiger partial charge in [-0.1, -0.05) is 72.8 Å². The highest BCUT2D eigenvalue weighted by atomic mass is 19.4. The number of benzene rings is 3. The average Bonchev–Trinajstić information content (AvgIpc) is 2.83. The van der Waals surface area contributed by atoms with Gasteiger partial charge in [-0.05, 0) is 35.4 Å². The maximum absolute atomic E-state index is 13.2. The lowest BCUT2D eigenvalue weighted by Crippen LogP contribution is -2.48. The molecule has 0 aromatic heterocycles. The molecule has 3 aromatic rings. The van der Waals surface area contributed by atoms with Crippen LogP contribution in [0.5, 0.6) is 0 Å². The molecule has 3 aromatic carbocycles. The Hall–Kier alpha value is -3.39. The maximum atomic E-state index is 13.2. The van der Waals surface area contributed by atoms with E-state index in [9.17, 15) is 22.8 Å². The molecule has 0 aliphatic carbocycles. The van der Waals surface area contributed by atoms with E-state index in [2.05, 4.69) is 5.32 Å². The average molecular weight is 472 g/mol. The van der Waals surface area contributed by atoms with E-state index in [0.717, 1.165) is 16.3 Å². The van der Waals surface area contributed by atoms with Crippen LogP contribution in [-0.4, -0.2) is 56.1 Å². The van der Waals surface area contributed by atoms with Gasteiger partial charge in [0.25, 0.3) is 0 Å².